The highest BCUT2D eigenvalue weighted by atomic mass is 32.1. The van der Waals surface area contributed by atoms with Crippen molar-refractivity contribution in [3.63, 3.8) is 0 Å². The second-order valence-electron chi connectivity index (χ2n) is 6.08. The molecule has 6 heteroatoms. The molecule has 124 valence electrons. The van der Waals surface area contributed by atoms with Gasteiger partial charge in [0.1, 0.15) is 10.6 Å². The summed E-state index contributed by atoms with van der Waals surface area (Å²) in [5.74, 6) is 0.879. The number of methoxy groups -OCH3 is 1. The minimum Gasteiger partial charge on any atom is -0.497 e. The van der Waals surface area contributed by atoms with Gasteiger partial charge in [0.25, 0.3) is 5.56 Å². The number of ether oxygens (including phenoxy) is 1. The highest BCUT2D eigenvalue weighted by molar-refractivity contribution is 7.18. The number of hydrogen-bond donors (Lipinski definition) is 2. The molecular weight excluding hydrogens is 322 g/mol. The SMILES string of the molecule is COc1ccc(CNC2CCc3c(sc4nc[nH]c(=O)c34)C2)cc1. The average molecular weight is 341 g/mol. The van der Waals surface area contributed by atoms with E-state index in [0.29, 0.717) is 6.04 Å². The van der Waals surface area contributed by atoms with Crippen molar-refractivity contribution in [1.82, 2.24) is 15.3 Å². The first-order valence-electron chi connectivity index (χ1n) is 8.09. The van der Waals surface area contributed by atoms with Crippen LogP contribution in [0.4, 0.5) is 0 Å². The largest absolute Gasteiger partial charge is 0.497 e. The van der Waals surface area contributed by atoms with Crippen molar-refractivity contribution in [1.29, 1.82) is 0 Å². The van der Waals surface area contributed by atoms with Crippen LogP contribution < -0.4 is 15.6 Å². The van der Waals surface area contributed by atoms with Crippen molar-refractivity contribution in [3.05, 3.63) is 57.0 Å². The second-order valence-corrected chi connectivity index (χ2v) is 7.17. The molecule has 0 radical (unpaired) electrons. The Kier molecular flexibility index (Phi) is 4.08. The molecule has 1 aliphatic carbocycles. The molecule has 1 unspecified atom stereocenters. The molecule has 2 aromatic heterocycles. The molecule has 1 aliphatic rings. The number of rotatable bonds is 4. The maximum absolute atomic E-state index is 12.0. The smallest absolute Gasteiger partial charge is 0.259 e. The predicted molar refractivity (Wildman–Crippen MR) is 95.9 cm³/mol. The molecule has 2 heterocycles. The van der Waals surface area contributed by atoms with Gasteiger partial charge < -0.3 is 15.0 Å². The Morgan fingerprint density at radius 3 is 3.00 bits per heavy atom. The van der Waals surface area contributed by atoms with Crippen LogP contribution >= 0.6 is 11.3 Å². The number of thiophene rings is 1. The lowest BCUT2D eigenvalue weighted by Gasteiger charge is -2.23. The van der Waals surface area contributed by atoms with E-state index in [9.17, 15) is 4.79 Å². The normalized spacial score (nSPS) is 17.0. The molecule has 0 spiro atoms. The van der Waals surface area contributed by atoms with Gasteiger partial charge in [-0.2, -0.15) is 0 Å². The number of aromatic amines is 1. The quantitative estimate of drug-likeness (QED) is 0.766. The lowest BCUT2D eigenvalue weighted by molar-refractivity contribution is 0.414. The van der Waals surface area contributed by atoms with Gasteiger partial charge in [0.2, 0.25) is 0 Å². The van der Waals surface area contributed by atoms with Crippen molar-refractivity contribution in [2.45, 2.75) is 31.8 Å². The first-order valence-corrected chi connectivity index (χ1v) is 8.90. The molecule has 0 saturated carbocycles. The number of aryl methyl sites for hydroxylation is 1. The summed E-state index contributed by atoms with van der Waals surface area (Å²) in [5, 5.41) is 4.43. The topological polar surface area (TPSA) is 67.0 Å². The van der Waals surface area contributed by atoms with Gasteiger partial charge >= 0.3 is 0 Å². The summed E-state index contributed by atoms with van der Waals surface area (Å²) in [6, 6.07) is 8.58. The molecule has 5 nitrogen and oxygen atoms in total. The minimum atomic E-state index is -0.0119. The van der Waals surface area contributed by atoms with Crippen LogP contribution in [0.1, 0.15) is 22.4 Å². The third-order valence-corrected chi connectivity index (χ3v) is 5.77. The monoisotopic (exact) mass is 341 g/mol. The number of hydrogen-bond acceptors (Lipinski definition) is 5. The van der Waals surface area contributed by atoms with E-state index in [1.54, 1.807) is 18.4 Å². The number of nitrogens with zero attached hydrogens (tertiary/aromatic N) is 1. The van der Waals surface area contributed by atoms with Crippen molar-refractivity contribution < 1.29 is 4.74 Å². The Hall–Kier alpha value is -2.18. The Balaban J connectivity index is 1.47. The van der Waals surface area contributed by atoms with Gasteiger partial charge in [-0.15, -0.1) is 11.3 Å². The molecule has 1 aromatic carbocycles. The maximum Gasteiger partial charge on any atom is 0.259 e. The fourth-order valence-corrected chi connectivity index (χ4v) is 4.57. The second kappa shape index (κ2) is 6.37. The average Bonchev–Trinajstić information content (AvgIpc) is 2.99. The molecule has 1 atom stereocenters. The van der Waals surface area contributed by atoms with Gasteiger partial charge in [-0.25, -0.2) is 4.98 Å². The lowest BCUT2D eigenvalue weighted by atomic mass is 9.93. The zero-order chi connectivity index (χ0) is 16.5. The molecule has 24 heavy (non-hydrogen) atoms. The number of H-pyrrole nitrogens is 1. The molecule has 2 N–H and O–H groups in total. The zero-order valence-electron chi connectivity index (χ0n) is 13.5. The van der Waals surface area contributed by atoms with Gasteiger partial charge in [0.05, 0.1) is 18.8 Å². The minimum absolute atomic E-state index is 0.0119. The van der Waals surface area contributed by atoms with E-state index in [2.05, 4.69) is 27.4 Å². The fourth-order valence-electron chi connectivity index (χ4n) is 3.30. The van der Waals surface area contributed by atoms with E-state index in [1.807, 2.05) is 12.1 Å². The summed E-state index contributed by atoms with van der Waals surface area (Å²) in [5.41, 5.74) is 2.44. The van der Waals surface area contributed by atoms with Crippen LogP contribution in [0.15, 0.2) is 35.4 Å². The lowest BCUT2D eigenvalue weighted by Crippen LogP contribution is -2.33. The molecule has 0 fully saturated rings. The van der Waals surface area contributed by atoms with Crippen molar-refractivity contribution in [2.24, 2.45) is 0 Å². The van der Waals surface area contributed by atoms with Crippen LogP contribution in [0.25, 0.3) is 10.2 Å². The predicted octanol–water partition coefficient (Wildman–Crippen LogP) is 2.64. The number of aromatic nitrogens is 2. The van der Waals surface area contributed by atoms with E-state index >= 15 is 0 Å². The van der Waals surface area contributed by atoms with Gasteiger partial charge in [0.15, 0.2) is 0 Å². The Bertz CT molecular complexity index is 914. The van der Waals surface area contributed by atoms with Gasteiger partial charge in [-0.1, -0.05) is 12.1 Å². The summed E-state index contributed by atoms with van der Waals surface area (Å²) in [6.07, 6.45) is 4.44. The van der Waals surface area contributed by atoms with E-state index in [4.69, 9.17) is 4.74 Å². The Morgan fingerprint density at radius 2 is 2.21 bits per heavy atom. The molecule has 0 saturated heterocycles. The molecule has 3 aromatic rings. The summed E-state index contributed by atoms with van der Waals surface area (Å²) in [7, 11) is 1.68. The van der Waals surface area contributed by atoms with E-state index in [0.717, 1.165) is 41.8 Å². The van der Waals surface area contributed by atoms with Crippen LogP contribution in [-0.2, 0) is 19.4 Å². The third-order valence-electron chi connectivity index (χ3n) is 4.61. The third kappa shape index (κ3) is 2.83. The maximum atomic E-state index is 12.0. The van der Waals surface area contributed by atoms with E-state index < -0.39 is 0 Å². The van der Waals surface area contributed by atoms with Crippen molar-refractivity contribution in [3.8, 4) is 5.75 Å². The van der Waals surface area contributed by atoms with Gasteiger partial charge in [-0.05, 0) is 42.5 Å². The number of fused-ring (bicyclic) bond motifs is 3. The van der Waals surface area contributed by atoms with Crippen molar-refractivity contribution >= 4 is 21.6 Å². The molecular formula is C18H19N3O2S. The number of nitrogens with one attached hydrogen (secondary N) is 2. The highest BCUT2D eigenvalue weighted by Gasteiger charge is 2.24. The molecule has 0 aliphatic heterocycles. The standard InChI is InChI=1S/C18H19N3O2S/c1-23-13-5-2-11(3-6-13)9-19-12-4-7-14-15(8-12)24-18-16(14)17(22)20-10-21-18/h2-3,5-6,10,12,19H,4,7-9H2,1H3,(H,20,21,22). The van der Waals surface area contributed by atoms with Crippen LogP contribution in [0.5, 0.6) is 5.75 Å². The first-order chi connectivity index (χ1) is 11.7. The Morgan fingerprint density at radius 1 is 1.38 bits per heavy atom. The van der Waals surface area contributed by atoms with Gasteiger partial charge in [-0.3, -0.25) is 4.79 Å². The summed E-state index contributed by atoms with van der Waals surface area (Å²) >= 11 is 1.66. The Labute approximate surface area is 143 Å². The van der Waals surface area contributed by atoms with Crippen LogP contribution in [0.3, 0.4) is 0 Å². The summed E-state index contributed by atoms with van der Waals surface area (Å²) in [4.78, 5) is 21.2. The van der Waals surface area contributed by atoms with Crippen LogP contribution in [0, 0.1) is 0 Å². The molecule has 0 amide bonds. The van der Waals surface area contributed by atoms with Crippen LogP contribution in [0.2, 0.25) is 0 Å². The van der Waals surface area contributed by atoms with Crippen molar-refractivity contribution in [2.75, 3.05) is 7.11 Å². The zero-order valence-corrected chi connectivity index (χ0v) is 14.3. The van der Waals surface area contributed by atoms with E-state index in [1.165, 1.54) is 22.3 Å². The number of benzene rings is 1. The highest BCUT2D eigenvalue weighted by Crippen LogP contribution is 2.33. The molecule has 4 rings (SSSR count). The first kappa shape index (κ1) is 15.4. The van der Waals surface area contributed by atoms with Gasteiger partial charge in [0, 0.05) is 17.5 Å². The fraction of sp³-hybridized carbons (Fsp3) is 0.333. The summed E-state index contributed by atoms with van der Waals surface area (Å²) in [6.45, 7) is 0.841. The summed E-state index contributed by atoms with van der Waals surface area (Å²) < 4.78 is 5.19. The van der Waals surface area contributed by atoms with E-state index in [-0.39, 0.29) is 5.56 Å². The van der Waals surface area contributed by atoms with Crippen LogP contribution in [-0.4, -0.2) is 23.1 Å². The molecule has 0 bridgehead atoms.